The molecule has 0 radical (unpaired) electrons. The summed E-state index contributed by atoms with van der Waals surface area (Å²) in [6.45, 7) is -0.338. The smallest absolute Gasteiger partial charge is 0.334 e. The highest BCUT2D eigenvalue weighted by Gasteiger charge is 2.15. The highest BCUT2D eigenvalue weighted by atomic mass is 16.4. The first-order valence-electron chi connectivity index (χ1n) is 5.20. The van der Waals surface area contributed by atoms with E-state index in [1.165, 1.54) is 6.33 Å². The molecule has 0 saturated carbocycles. The number of rotatable bonds is 4. The van der Waals surface area contributed by atoms with Gasteiger partial charge in [0, 0.05) is 5.56 Å². The molecule has 1 heterocycles. The number of nitrogens with one attached hydrogen (secondary N) is 2. The number of carbonyl (C=O) groups excluding carboxylic acids is 1. The number of aliphatic carboxylic acids is 1. The Morgan fingerprint density at radius 2 is 2.22 bits per heavy atom. The minimum absolute atomic E-state index is 0.338. The Labute approximate surface area is 101 Å². The summed E-state index contributed by atoms with van der Waals surface area (Å²) in [5, 5.41) is 19.8. The lowest BCUT2D eigenvalue weighted by molar-refractivity contribution is -0.146. The summed E-state index contributed by atoms with van der Waals surface area (Å²) in [5.41, 5.74) is 1.81. The van der Waals surface area contributed by atoms with Crippen LogP contribution in [-0.4, -0.2) is 44.7 Å². The Balaban J connectivity index is 2.06. The Hall–Kier alpha value is -2.41. The average molecular weight is 249 g/mol. The van der Waals surface area contributed by atoms with Gasteiger partial charge in [-0.3, -0.25) is 4.79 Å². The molecule has 1 atom stereocenters. The van der Waals surface area contributed by atoms with E-state index in [1.54, 1.807) is 18.2 Å². The van der Waals surface area contributed by atoms with E-state index in [2.05, 4.69) is 15.3 Å². The topological polar surface area (TPSA) is 115 Å². The molecule has 0 spiro atoms. The molecule has 0 aliphatic rings. The van der Waals surface area contributed by atoms with E-state index >= 15 is 0 Å². The third-order valence-electron chi connectivity index (χ3n) is 2.42. The summed E-state index contributed by atoms with van der Waals surface area (Å²) in [4.78, 5) is 28.9. The molecule has 0 fully saturated rings. The predicted octanol–water partition coefficient (Wildman–Crippen LogP) is -0.262. The zero-order chi connectivity index (χ0) is 13.1. The Morgan fingerprint density at radius 3 is 2.94 bits per heavy atom. The van der Waals surface area contributed by atoms with Gasteiger partial charge < -0.3 is 20.5 Å². The van der Waals surface area contributed by atoms with Gasteiger partial charge in [-0.05, 0) is 18.2 Å². The third kappa shape index (κ3) is 2.46. The second kappa shape index (κ2) is 4.84. The van der Waals surface area contributed by atoms with Crippen molar-refractivity contribution in [2.24, 2.45) is 0 Å². The molecule has 18 heavy (non-hydrogen) atoms. The number of carboxylic acids is 1. The quantitative estimate of drug-likeness (QED) is 0.595. The molecule has 2 rings (SSSR count). The summed E-state index contributed by atoms with van der Waals surface area (Å²) >= 11 is 0. The Bertz CT molecular complexity index is 593. The lowest BCUT2D eigenvalue weighted by Crippen LogP contribution is -2.36. The second-order valence-corrected chi connectivity index (χ2v) is 3.70. The molecular weight excluding hydrogens is 238 g/mol. The van der Waals surface area contributed by atoms with E-state index < -0.39 is 18.0 Å². The number of benzene rings is 1. The van der Waals surface area contributed by atoms with E-state index in [-0.39, 0.29) is 6.54 Å². The molecule has 1 aromatic carbocycles. The standard InChI is InChI=1S/C11H11N3O4/c15-9(11(17)18)4-12-10(16)6-1-2-7-8(3-6)14-5-13-7/h1-3,5,9,15H,4H2,(H,12,16)(H,13,14)(H,17,18)/t9-/m0/s1. The number of imidazole rings is 1. The summed E-state index contributed by atoms with van der Waals surface area (Å²) in [5.74, 6) is -1.83. The van der Waals surface area contributed by atoms with Gasteiger partial charge in [0.25, 0.3) is 5.91 Å². The fourth-order valence-corrected chi connectivity index (χ4v) is 1.46. The highest BCUT2D eigenvalue weighted by Crippen LogP contribution is 2.11. The van der Waals surface area contributed by atoms with Crippen LogP contribution in [0.3, 0.4) is 0 Å². The van der Waals surface area contributed by atoms with Crippen LogP contribution < -0.4 is 5.32 Å². The maximum Gasteiger partial charge on any atom is 0.334 e. The number of hydrogen-bond donors (Lipinski definition) is 4. The van der Waals surface area contributed by atoms with Gasteiger partial charge in [-0.1, -0.05) is 0 Å². The summed E-state index contributed by atoms with van der Waals surface area (Å²) in [7, 11) is 0. The van der Waals surface area contributed by atoms with Crippen LogP contribution in [0.2, 0.25) is 0 Å². The zero-order valence-corrected chi connectivity index (χ0v) is 9.25. The van der Waals surface area contributed by atoms with Gasteiger partial charge in [0.1, 0.15) is 0 Å². The van der Waals surface area contributed by atoms with Crippen molar-refractivity contribution in [1.82, 2.24) is 15.3 Å². The van der Waals surface area contributed by atoms with E-state index in [0.717, 1.165) is 5.52 Å². The third-order valence-corrected chi connectivity index (χ3v) is 2.42. The summed E-state index contributed by atoms with van der Waals surface area (Å²) < 4.78 is 0. The minimum Gasteiger partial charge on any atom is -0.479 e. The van der Waals surface area contributed by atoms with Gasteiger partial charge in [0.05, 0.1) is 23.9 Å². The van der Waals surface area contributed by atoms with Crippen molar-refractivity contribution in [3.05, 3.63) is 30.1 Å². The molecule has 1 amide bonds. The normalized spacial score (nSPS) is 12.3. The number of carboxylic acid groups (broad SMARTS) is 1. The Morgan fingerprint density at radius 1 is 1.44 bits per heavy atom. The second-order valence-electron chi connectivity index (χ2n) is 3.70. The van der Waals surface area contributed by atoms with Crippen LogP contribution in [0.5, 0.6) is 0 Å². The fourth-order valence-electron chi connectivity index (χ4n) is 1.46. The van der Waals surface area contributed by atoms with Crippen LogP contribution in [-0.2, 0) is 4.79 Å². The number of nitrogens with zero attached hydrogens (tertiary/aromatic N) is 1. The van der Waals surface area contributed by atoms with Crippen molar-refractivity contribution in [3.8, 4) is 0 Å². The van der Waals surface area contributed by atoms with Gasteiger partial charge >= 0.3 is 5.97 Å². The molecule has 0 unspecified atom stereocenters. The average Bonchev–Trinajstić information content (AvgIpc) is 2.82. The van der Waals surface area contributed by atoms with Crippen molar-refractivity contribution < 1.29 is 19.8 Å². The molecule has 0 aliphatic heterocycles. The van der Waals surface area contributed by atoms with Crippen LogP contribution in [0.4, 0.5) is 0 Å². The van der Waals surface area contributed by atoms with Gasteiger partial charge in [0.15, 0.2) is 6.10 Å². The van der Waals surface area contributed by atoms with Crippen LogP contribution in [0, 0.1) is 0 Å². The van der Waals surface area contributed by atoms with Gasteiger partial charge in [-0.2, -0.15) is 0 Å². The number of aliphatic hydroxyl groups excluding tert-OH is 1. The van der Waals surface area contributed by atoms with Crippen LogP contribution in [0.15, 0.2) is 24.5 Å². The van der Waals surface area contributed by atoms with Gasteiger partial charge in [-0.25, -0.2) is 9.78 Å². The number of amides is 1. The lowest BCUT2D eigenvalue weighted by Gasteiger charge is -2.07. The number of aromatic nitrogens is 2. The molecule has 4 N–H and O–H groups in total. The van der Waals surface area contributed by atoms with E-state index in [4.69, 9.17) is 10.2 Å². The number of fused-ring (bicyclic) bond motifs is 1. The zero-order valence-electron chi connectivity index (χ0n) is 9.25. The van der Waals surface area contributed by atoms with Crippen molar-refractivity contribution in [1.29, 1.82) is 0 Å². The lowest BCUT2D eigenvalue weighted by atomic mass is 10.2. The SMILES string of the molecule is O=C(NC[C@H](O)C(=O)O)c1ccc2nc[nH]c2c1. The molecule has 7 nitrogen and oxygen atoms in total. The van der Waals surface area contributed by atoms with Crippen molar-refractivity contribution in [2.75, 3.05) is 6.54 Å². The maximum absolute atomic E-state index is 11.7. The van der Waals surface area contributed by atoms with Gasteiger partial charge in [0.2, 0.25) is 0 Å². The molecule has 0 saturated heterocycles. The molecule has 1 aromatic heterocycles. The van der Waals surface area contributed by atoms with E-state index in [0.29, 0.717) is 11.1 Å². The molecule has 7 heteroatoms. The first-order chi connectivity index (χ1) is 8.58. The monoisotopic (exact) mass is 249 g/mol. The summed E-state index contributed by atoms with van der Waals surface area (Å²) in [6, 6.07) is 4.85. The molecule has 2 aromatic rings. The molecular formula is C11H11N3O4. The summed E-state index contributed by atoms with van der Waals surface area (Å²) in [6.07, 6.45) is -0.0922. The first-order valence-corrected chi connectivity index (χ1v) is 5.20. The number of aliphatic hydroxyl groups is 1. The van der Waals surface area contributed by atoms with Crippen LogP contribution in [0.1, 0.15) is 10.4 Å². The van der Waals surface area contributed by atoms with E-state index in [9.17, 15) is 9.59 Å². The fraction of sp³-hybridized carbons (Fsp3) is 0.182. The first kappa shape index (κ1) is 12.1. The Kier molecular flexibility index (Phi) is 3.24. The van der Waals surface area contributed by atoms with Crippen molar-refractivity contribution in [2.45, 2.75) is 6.10 Å². The number of hydrogen-bond acceptors (Lipinski definition) is 4. The molecule has 0 aliphatic carbocycles. The highest BCUT2D eigenvalue weighted by molar-refractivity contribution is 5.97. The number of H-pyrrole nitrogens is 1. The molecule has 94 valence electrons. The van der Waals surface area contributed by atoms with Gasteiger partial charge in [-0.15, -0.1) is 0 Å². The largest absolute Gasteiger partial charge is 0.479 e. The van der Waals surface area contributed by atoms with Crippen LogP contribution >= 0.6 is 0 Å². The number of carbonyl (C=O) groups is 2. The van der Waals surface area contributed by atoms with Crippen molar-refractivity contribution in [3.63, 3.8) is 0 Å². The maximum atomic E-state index is 11.7. The molecule has 0 bridgehead atoms. The van der Waals surface area contributed by atoms with Crippen LogP contribution in [0.25, 0.3) is 11.0 Å². The minimum atomic E-state index is -1.61. The number of aromatic amines is 1. The van der Waals surface area contributed by atoms with Crippen molar-refractivity contribution >= 4 is 22.9 Å². The van der Waals surface area contributed by atoms with E-state index in [1.807, 2.05) is 0 Å². The predicted molar refractivity (Wildman–Crippen MR) is 62.1 cm³/mol.